The van der Waals surface area contributed by atoms with Crippen molar-refractivity contribution in [3.8, 4) is 0 Å². The molecule has 0 radical (unpaired) electrons. The van der Waals surface area contributed by atoms with Crippen molar-refractivity contribution in [3.05, 3.63) is 35.4 Å². The van der Waals surface area contributed by atoms with Crippen LogP contribution in [0.4, 0.5) is 0 Å². The van der Waals surface area contributed by atoms with Gasteiger partial charge in [0.2, 0.25) is 0 Å². The first kappa shape index (κ1) is 27.1. The number of aliphatic imine (C=N–C) groups is 1. The van der Waals surface area contributed by atoms with Crippen molar-refractivity contribution in [1.82, 2.24) is 20.4 Å². The standard InChI is InChI=1S/C23H41N5O.HI/c1-6-24-23(25-10-11-28(19(2)3)20(4)5)26-17-21-8-7-9-22(16-21)18-27-12-14-29-15-13-27;/h7-9,16,19-20H,6,10-15,17-18H2,1-5H3,(H2,24,25,26);1H. The van der Waals surface area contributed by atoms with Gasteiger partial charge in [-0.05, 0) is 45.7 Å². The van der Waals surface area contributed by atoms with Crippen molar-refractivity contribution in [2.75, 3.05) is 45.9 Å². The molecule has 6 nitrogen and oxygen atoms in total. The Morgan fingerprint density at radius 1 is 1.10 bits per heavy atom. The molecular formula is C23H42IN5O. The minimum atomic E-state index is 0. The summed E-state index contributed by atoms with van der Waals surface area (Å²) in [4.78, 5) is 9.74. The number of benzene rings is 1. The summed E-state index contributed by atoms with van der Waals surface area (Å²) in [5, 5.41) is 6.85. The van der Waals surface area contributed by atoms with Crippen LogP contribution in [-0.4, -0.2) is 73.8 Å². The highest BCUT2D eigenvalue weighted by atomic mass is 127. The van der Waals surface area contributed by atoms with Gasteiger partial charge in [0.15, 0.2) is 5.96 Å². The molecule has 1 heterocycles. The van der Waals surface area contributed by atoms with E-state index >= 15 is 0 Å². The molecule has 1 aliphatic rings. The van der Waals surface area contributed by atoms with Crippen LogP contribution in [0.5, 0.6) is 0 Å². The second-order valence-corrected chi connectivity index (χ2v) is 8.26. The fourth-order valence-electron chi connectivity index (χ4n) is 3.77. The van der Waals surface area contributed by atoms with E-state index in [1.165, 1.54) is 11.1 Å². The zero-order chi connectivity index (χ0) is 21.1. The Morgan fingerprint density at radius 3 is 2.40 bits per heavy atom. The number of rotatable bonds is 10. The smallest absolute Gasteiger partial charge is 0.191 e. The van der Waals surface area contributed by atoms with Crippen LogP contribution in [0.1, 0.15) is 45.7 Å². The molecular weight excluding hydrogens is 489 g/mol. The van der Waals surface area contributed by atoms with Gasteiger partial charge in [0.05, 0.1) is 19.8 Å². The molecule has 7 heteroatoms. The minimum Gasteiger partial charge on any atom is -0.379 e. The molecule has 1 fully saturated rings. The molecule has 0 bridgehead atoms. The molecule has 0 unspecified atom stereocenters. The average Bonchev–Trinajstić information content (AvgIpc) is 2.69. The van der Waals surface area contributed by atoms with Crippen LogP contribution in [0.3, 0.4) is 0 Å². The lowest BCUT2D eigenvalue weighted by molar-refractivity contribution is 0.0342. The normalized spacial score (nSPS) is 15.5. The molecule has 1 aromatic carbocycles. The monoisotopic (exact) mass is 531 g/mol. The Balaban J connectivity index is 0.00000450. The number of morpholine rings is 1. The Hall–Kier alpha value is -0.900. The van der Waals surface area contributed by atoms with E-state index in [-0.39, 0.29) is 24.0 Å². The van der Waals surface area contributed by atoms with E-state index < -0.39 is 0 Å². The van der Waals surface area contributed by atoms with Gasteiger partial charge in [0, 0.05) is 51.4 Å². The average molecular weight is 532 g/mol. The molecule has 0 aliphatic carbocycles. The summed E-state index contributed by atoms with van der Waals surface area (Å²) < 4.78 is 5.45. The molecule has 1 saturated heterocycles. The summed E-state index contributed by atoms with van der Waals surface area (Å²) in [5.41, 5.74) is 2.60. The van der Waals surface area contributed by atoms with Gasteiger partial charge in [-0.1, -0.05) is 24.3 Å². The maximum Gasteiger partial charge on any atom is 0.191 e. The van der Waals surface area contributed by atoms with Crippen molar-refractivity contribution in [1.29, 1.82) is 0 Å². The lowest BCUT2D eigenvalue weighted by Gasteiger charge is -2.30. The van der Waals surface area contributed by atoms with Crippen LogP contribution in [0.25, 0.3) is 0 Å². The third kappa shape index (κ3) is 9.94. The van der Waals surface area contributed by atoms with E-state index in [0.717, 1.165) is 58.4 Å². The van der Waals surface area contributed by atoms with Crippen molar-refractivity contribution < 1.29 is 4.74 Å². The Bertz CT molecular complexity index is 609. The highest BCUT2D eigenvalue weighted by molar-refractivity contribution is 14.0. The SMILES string of the molecule is CCNC(=NCc1cccc(CN2CCOCC2)c1)NCCN(C(C)C)C(C)C.I. The summed E-state index contributed by atoms with van der Waals surface area (Å²) in [6.07, 6.45) is 0. The molecule has 172 valence electrons. The third-order valence-electron chi connectivity index (χ3n) is 5.25. The second-order valence-electron chi connectivity index (χ2n) is 8.26. The van der Waals surface area contributed by atoms with Gasteiger partial charge < -0.3 is 15.4 Å². The van der Waals surface area contributed by atoms with Gasteiger partial charge in [-0.2, -0.15) is 0 Å². The van der Waals surface area contributed by atoms with Gasteiger partial charge in [-0.15, -0.1) is 24.0 Å². The first-order valence-corrected chi connectivity index (χ1v) is 11.2. The van der Waals surface area contributed by atoms with E-state index in [1.54, 1.807) is 0 Å². The maximum atomic E-state index is 5.45. The summed E-state index contributed by atoms with van der Waals surface area (Å²) in [6, 6.07) is 9.88. The fourth-order valence-corrected chi connectivity index (χ4v) is 3.77. The largest absolute Gasteiger partial charge is 0.379 e. The van der Waals surface area contributed by atoms with Gasteiger partial charge in [-0.25, -0.2) is 4.99 Å². The summed E-state index contributed by atoms with van der Waals surface area (Å²) in [7, 11) is 0. The molecule has 0 amide bonds. The van der Waals surface area contributed by atoms with Crippen LogP contribution in [0.15, 0.2) is 29.3 Å². The van der Waals surface area contributed by atoms with Crippen LogP contribution in [0.2, 0.25) is 0 Å². The lowest BCUT2D eigenvalue weighted by Crippen LogP contribution is -2.45. The molecule has 1 aromatic rings. The molecule has 0 aromatic heterocycles. The number of halogens is 1. The number of guanidine groups is 1. The summed E-state index contributed by atoms with van der Waals surface area (Å²) in [5.74, 6) is 0.888. The predicted octanol–water partition coefficient (Wildman–Crippen LogP) is 3.31. The third-order valence-corrected chi connectivity index (χ3v) is 5.25. The first-order chi connectivity index (χ1) is 14.0. The van der Waals surface area contributed by atoms with E-state index in [1.807, 2.05) is 0 Å². The molecule has 0 saturated carbocycles. The second kappa shape index (κ2) is 15.0. The quantitative estimate of drug-likeness (QED) is 0.276. The van der Waals surface area contributed by atoms with Crippen LogP contribution in [0, 0.1) is 0 Å². The molecule has 30 heavy (non-hydrogen) atoms. The number of nitrogens with zero attached hydrogens (tertiary/aromatic N) is 3. The highest BCUT2D eigenvalue weighted by Gasteiger charge is 2.13. The molecule has 2 rings (SSSR count). The van der Waals surface area contributed by atoms with Crippen molar-refractivity contribution >= 4 is 29.9 Å². The van der Waals surface area contributed by atoms with Crippen molar-refractivity contribution in [2.24, 2.45) is 4.99 Å². The molecule has 0 atom stereocenters. The summed E-state index contributed by atoms with van der Waals surface area (Å²) in [6.45, 7) is 19.3. The zero-order valence-corrected chi connectivity index (χ0v) is 21.8. The number of hydrogen-bond acceptors (Lipinski definition) is 4. The van der Waals surface area contributed by atoms with E-state index in [0.29, 0.717) is 18.6 Å². The Kier molecular flexibility index (Phi) is 13.6. The van der Waals surface area contributed by atoms with Gasteiger partial charge >= 0.3 is 0 Å². The van der Waals surface area contributed by atoms with Crippen LogP contribution < -0.4 is 10.6 Å². The fraction of sp³-hybridized carbons (Fsp3) is 0.696. The first-order valence-electron chi connectivity index (χ1n) is 11.2. The zero-order valence-electron chi connectivity index (χ0n) is 19.5. The minimum absolute atomic E-state index is 0. The summed E-state index contributed by atoms with van der Waals surface area (Å²) >= 11 is 0. The van der Waals surface area contributed by atoms with Gasteiger partial charge in [-0.3, -0.25) is 9.80 Å². The number of hydrogen-bond donors (Lipinski definition) is 2. The number of ether oxygens (including phenoxy) is 1. The maximum absolute atomic E-state index is 5.45. The van der Waals surface area contributed by atoms with Crippen molar-refractivity contribution in [3.63, 3.8) is 0 Å². The van der Waals surface area contributed by atoms with E-state index in [4.69, 9.17) is 9.73 Å². The Labute approximate surface area is 200 Å². The molecule has 1 aliphatic heterocycles. The molecule has 0 spiro atoms. The topological polar surface area (TPSA) is 52.1 Å². The predicted molar refractivity (Wildman–Crippen MR) is 138 cm³/mol. The van der Waals surface area contributed by atoms with E-state index in [9.17, 15) is 0 Å². The van der Waals surface area contributed by atoms with Crippen LogP contribution >= 0.6 is 24.0 Å². The Morgan fingerprint density at radius 2 is 1.77 bits per heavy atom. The highest BCUT2D eigenvalue weighted by Crippen LogP contribution is 2.11. The van der Waals surface area contributed by atoms with Gasteiger partial charge in [0.1, 0.15) is 0 Å². The van der Waals surface area contributed by atoms with Gasteiger partial charge in [0.25, 0.3) is 0 Å². The van der Waals surface area contributed by atoms with Crippen LogP contribution in [-0.2, 0) is 17.8 Å². The van der Waals surface area contributed by atoms with E-state index in [2.05, 4.69) is 79.3 Å². The lowest BCUT2D eigenvalue weighted by atomic mass is 10.1. The number of nitrogens with one attached hydrogen (secondary N) is 2. The molecule has 2 N–H and O–H groups in total. The van der Waals surface area contributed by atoms with Crippen molar-refractivity contribution in [2.45, 2.75) is 59.8 Å².